The molecule has 0 aliphatic carbocycles. The summed E-state index contributed by atoms with van der Waals surface area (Å²) in [5, 5.41) is 0.562. The van der Waals surface area contributed by atoms with E-state index in [2.05, 4.69) is 0 Å². The lowest BCUT2D eigenvalue weighted by Crippen LogP contribution is -2.28. The van der Waals surface area contributed by atoms with Gasteiger partial charge >= 0.3 is 17.3 Å². The van der Waals surface area contributed by atoms with Crippen LogP contribution in [0.1, 0.15) is 18.6 Å². The highest BCUT2D eigenvalue weighted by Crippen LogP contribution is 2.32. The lowest BCUT2D eigenvalue weighted by Gasteiger charge is -2.13. The molecule has 1 heterocycles. The van der Waals surface area contributed by atoms with Gasteiger partial charge in [-0.05, 0) is 24.6 Å². The first kappa shape index (κ1) is 13.5. The smallest absolute Gasteiger partial charge is 0.339 e. The molecule has 1 aliphatic heterocycles. The molecule has 1 saturated heterocycles. The van der Waals surface area contributed by atoms with Crippen LogP contribution in [0.3, 0.4) is 0 Å². The molecule has 1 aliphatic rings. The van der Waals surface area contributed by atoms with Gasteiger partial charge in [-0.15, -0.1) is 0 Å². The van der Waals surface area contributed by atoms with Crippen molar-refractivity contribution < 1.29 is 22.1 Å². The van der Waals surface area contributed by atoms with Gasteiger partial charge in [0.25, 0.3) is 0 Å². The molecule has 5 nitrogen and oxygen atoms in total. The maximum absolute atomic E-state index is 11.7. The summed E-state index contributed by atoms with van der Waals surface area (Å²) in [5.41, 5.74) is 0.656. The van der Waals surface area contributed by atoms with Crippen molar-refractivity contribution in [3.63, 3.8) is 0 Å². The van der Waals surface area contributed by atoms with Crippen LogP contribution in [0.2, 0.25) is 5.02 Å². The summed E-state index contributed by atoms with van der Waals surface area (Å²) in [6, 6.07) is 6.68. The van der Waals surface area contributed by atoms with Crippen LogP contribution in [0.25, 0.3) is 0 Å². The van der Waals surface area contributed by atoms with Gasteiger partial charge in [0, 0.05) is 5.02 Å². The molecule has 1 aromatic rings. The summed E-state index contributed by atoms with van der Waals surface area (Å²) in [6.45, 7) is 1.90. The molecule has 7 heteroatoms. The van der Waals surface area contributed by atoms with Crippen molar-refractivity contribution in [1.29, 1.82) is 0 Å². The second-order valence-corrected chi connectivity index (χ2v) is 4.77. The van der Waals surface area contributed by atoms with Crippen LogP contribution in [0.4, 0.5) is 0 Å². The molecule has 0 spiro atoms. The van der Waals surface area contributed by atoms with Crippen LogP contribution in [0.15, 0.2) is 24.3 Å². The van der Waals surface area contributed by atoms with E-state index in [0.717, 1.165) is 0 Å². The fourth-order valence-corrected chi connectivity index (χ4v) is 2.46. The van der Waals surface area contributed by atoms with Crippen LogP contribution in [-0.4, -0.2) is 22.9 Å². The van der Waals surface area contributed by atoms with Gasteiger partial charge < -0.3 is 4.74 Å². The summed E-state index contributed by atoms with van der Waals surface area (Å²) in [4.78, 5) is 11.7. The zero-order valence-electron chi connectivity index (χ0n) is 9.50. The Labute approximate surface area is 112 Å². The summed E-state index contributed by atoms with van der Waals surface area (Å²) in [7, 11) is 0. The molecule has 0 bridgehead atoms. The second-order valence-electron chi connectivity index (χ2n) is 3.54. The van der Waals surface area contributed by atoms with E-state index < -0.39 is 29.5 Å². The van der Waals surface area contributed by atoms with Crippen LogP contribution >= 0.6 is 11.6 Å². The van der Waals surface area contributed by atoms with Crippen molar-refractivity contribution in [2.45, 2.75) is 19.1 Å². The number of hydrogen-bond acceptors (Lipinski definition) is 5. The molecule has 0 radical (unpaired) electrons. The summed E-state index contributed by atoms with van der Waals surface area (Å²) < 4.78 is 26.1. The largest absolute Gasteiger partial charge is 0.464 e. The quantitative estimate of drug-likeness (QED) is 0.796. The molecule has 1 fully saturated rings. The van der Waals surface area contributed by atoms with Crippen molar-refractivity contribution in [2.24, 2.45) is 0 Å². The van der Waals surface area contributed by atoms with E-state index >= 15 is 0 Å². The van der Waals surface area contributed by atoms with Crippen LogP contribution in [0.5, 0.6) is 0 Å². The third-order valence-electron chi connectivity index (χ3n) is 2.36. The van der Waals surface area contributed by atoms with Gasteiger partial charge in [0.15, 0.2) is 0 Å². The Hall–Kier alpha value is -0.950. The minimum absolute atomic E-state index is 0.221. The highest BCUT2D eigenvalue weighted by Gasteiger charge is 2.42. The van der Waals surface area contributed by atoms with E-state index in [4.69, 9.17) is 24.7 Å². The topological polar surface area (TPSA) is 61.8 Å². The van der Waals surface area contributed by atoms with Crippen LogP contribution in [0, 0.1) is 0 Å². The van der Waals surface area contributed by atoms with Gasteiger partial charge in [-0.25, -0.2) is 8.98 Å². The number of esters is 1. The molecule has 0 saturated carbocycles. The average molecular weight is 291 g/mol. The summed E-state index contributed by atoms with van der Waals surface area (Å²) in [6.07, 6.45) is -1.77. The molecule has 0 amide bonds. The monoisotopic (exact) mass is 290 g/mol. The van der Waals surface area contributed by atoms with Gasteiger partial charge in [0.05, 0.1) is 6.61 Å². The standard InChI is InChI=1S/C11H11ClO5S/c1-2-15-11(13)10-9(16-18(14)17-10)7-3-5-8(12)6-4-7/h3-6,9-10H,2H2,1H3/t9-,10+,18?/m1/s1. The number of benzene rings is 1. The third-order valence-corrected chi connectivity index (χ3v) is 3.34. The number of carbonyl (C=O) groups is 1. The Morgan fingerprint density at radius 1 is 1.39 bits per heavy atom. The van der Waals surface area contributed by atoms with E-state index in [-0.39, 0.29) is 6.61 Å². The fraction of sp³-hybridized carbons (Fsp3) is 0.364. The van der Waals surface area contributed by atoms with Gasteiger partial charge in [0.2, 0.25) is 6.10 Å². The molecular formula is C11H11ClO5S. The maximum Gasteiger partial charge on any atom is 0.339 e. The first-order chi connectivity index (χ1) is 8.61. The number of ether oxygens (including phenoxy) is 1. The first-order valence-electron chi connectivity index (χ1n) is 5.30. The SMILES string of the molecule is CCOC(=O)[C@H]1OS(=O)O[C@@H]1c1ccc(Cl)cc1. The highest BCUT2D eigenvalue weighted by molar-refractivity contribution is 7.75. The van der Waals surface area contributed by atoms with E-state index in [9.17, 15) is 9.00 Å². The molecule has 0 aromatic heterocycles. The van der Waals surface area contributed by atoms with E-state index in [1.165, 1.54) is 0 Å². The van der Waals surface area contributed by atoms with Crippen molar-refractivity contribution >= 4 is 28.9 Å². The molecular weight excluding hydrogens is 280 g/mol. The molecule has 18 heavy (non-hydrogen) atoms. The van der Waals surface area contributed by atoms with E-state index in [1.807, 2.05) is 0 Å². The first-order valence-corrected chi connectivity index (χ1v) is 6.67. The highest BCUT2D eigenvalue weighted by atomic mass is 35.5. The molecule has 3 atom stereocenters. The zero-order chi connectivity index (χ0) is 13.1. The summed E-state index contributed by atoms with van der Waals surface area (Å²) >= 11 is 3.83. The molecule has 2 rings (SSSR count). The number of halogens is 1. The number of hydrogen-bond donors (Lipinski definition) is 0. The Balaban J connectivity index is 2.21. The van der Waals surface area contributed by atoms with E-state index in [0.29, 0.717) is 10.6 Å². The Kier molecular flexibility index (Phi) is 4.34. The Morgan fingerprint density at radius 2 is 2.06 bits per heavy atom. The zero-order valence-corrected chi connectivity index (χ0v) is 11.1. The predicted molar refractivity (Wildman–Crippen MR) is 64.9 cm³/mol. The Bertz CT molecular complexity index is 461. The normalized spacial score (nSPS) is 27.1. The van der Waals surface area contributed by atoms with E-state index in [1.54, 1.807) is 31.2 Å². The van der Waals surface area contributed by atoms with Gasteiger partial charge in [-0.1, -0.05) is 23.7 Å². The van der Waals surface area contributed by atoms with Crippen LogP contribution < -0.4 is 0 Å². The lowest BCUT2D eigenvalue weighted by atomic mass is 10.0. The fourth-order valence-electron chi connectivity index (χ4n) is 1.56. The molecule has 0 N–H and O–H groups in total. The maximum atomic E-state index is 11.7. The molecule has 98 valence electrons. The second kappa shape index (κ2) is 5.79. The molecule has 1 aromatic carbocycles. The van der Waals surface area contributed by atoms with Crippen molar-refractivity contribution in [2.75, 3.05) is 6.61 Å². The third kappa shape index (κ3) is 2.89. The van der Waals surface area contributed by atoms with Gasteiger partial charge in [-0.3, -0.25) is 4.18 Å². The number of carbonyl (C=O) groups excluding carboxylic acids is 1. The summed E-state index contributed by atoms with van der Waals surface area (Å²) in [5.74, 6) is -0.594. The number of rotatable bonds is 3. The van der Waals surface area contributed by atoms with Crippen molar-refractivity contribution in [3.05, 3.63) is 34.9 Å². The minimum atomic E-state index is -1.95. The minimum Gasteiger partial charge on any atom is -0.464 e. The van der Waals surface area contributed by atoms with Crippen molar-refractivity contribution in [3.8, 4) is 0 Å². The average Bonchev–Trinajstić information content (AvgIpc) is 2.73. The predicted octanol–water partition coefficient (Wildman–Crippen LogP) is 1.94. The van der Waals surface area contributed by atoms with Crippen LogP contribution in [-0.2, 0) is 29.3 Å². The lowest BCUT2D eigenvalue weighted by molar-refractivity contribution is -0.152. The Morgan fingerprint density at radius 3 is 2.67 bits per heavy atom. The van der Waals surface area contributed by atoms with Crippen molar-refractivity contribution in [1.82, 2.24) is 0 Å². The van der Waals surface area contributed by atoms with Gasteiger partial charge in [0.1, 0.15) is 6.10 Å². The van der Waals surface area contributed by atoms with Gasteiger partial charge in [-0.2, -0.15) is 4.21 Å². The molecule has 1 unspecified atom stereocenters.